The fourth-order valence-electron chi connectivity index (χ4n) is 3.09. The summed E-state index contributed by atoms with van der Waals surface area (Å²) in [5.74, 6) is 0.565. The second-order valence-electron chi connectivity index (χ2n) is 6.20. The molecule has 1 saturated heterocycles. The Kier molecular flexibility index (Phi) is 5.06. The molecule has 4 nitrogen and oxygen atoms in total. The van der Waals surface area contributed by atoms with Crippen LogP contribution in [0.2, 0.25) is 0 Å². The van der Waals surface area contributed by atoms with Crippen LogP contribution in [0.3, 0.4) is 0 Å². The summed E-state index contributed by atoms with van der Waals surface area (Å²) in [5, 5.41) is 9.36. The van der Waals surface area contributed by atoms with Crippen LogP contribution >= 0.6 is 34.0 Å². The molecule has 1 aliphatic rings. The first-order valence-electron chi connectivity index (χ1n) is 8.03. The van der Waals surface area contributed by atoms with Crippen LogP contribution in [-0.4, -0.2) is 35.8 Å². The molecule has 1 aliphatic heterocycles. The Morgan fingerprint density at radius 3 is 2.76 bits per heavy atom. The number of sulfone groups is 1. The van der Waals surface area contributed by atoms with Crippen molar-refractivity contribution in [2.45, 2.75) is 25.6 Å². The molecule has 0 aromatic carbocycles. The maximum Gasteiger partial charge on any atom is 0.151 e. The summed E-state index contributed by atoms with van der Waals surface area (Å²) in [7, 11) is -2.90. The van der Waals surface area contributed by atoms with Gasteiger partial charge in [0.1, 0.15) is 5.01 Å². The van der Waals surface area contributed by atoms with E-state index < -0.39 is 9.84 Å². The molecule has 0 saturated carbocycles. The Labute approximate surface area is 159 Å². The van der Waals surface area contributed by atoms with Gasteiger partial charge in [0, 0.05) is 40.3 Å². The maximum absolute atomic E-state index is 11.9. The Bertz CT molecular complexity index is 914. The molecule has 1 fully saturated rings. The predicted octanol–water partition coefficient (Wildman–Crippen LogP) is 4.12. The predicted molar refractivity (Wildman–Crippen MR) is 106 cm³/mol. The molecule has 4 heterocycles. The number of rotatable bonds is 6. The summed E-state index contributed by atoms with van der Waals surface area (Å²) in [6, 6.07) is 6.32. The molecule has 0 radical (unpaired) electrons. The summed E-state index contributed by atoms with van der Waals surface area (Å²) in [5.41, 5.74) is 2.18. The fourth-order valence-corrected chi connectivity index (χ4v) is 7.10. The van der Waals surface area contributed by atoms with Gasteiger partial charge < -0.3 is 0 Å². The van der Waals surface area contributed by atoms with E-state index >= 15 is 0 Å². The number of hydrogen-bond acceptors (Lipinski definition) is 7. The SMILES string of the molecule is O=S1(=O)CCC(N(Cc2csc(-c3ccsc3)n2)Cc2cccs2)C1. The van der Waals surface area contributed by atoms with Crippen molar-refractivity contribution in [3.63, 3.8) is 0 Å². The highest BCUT2D eigenvalue weighted by molar-refractivity contribution is 7.91. The number of thiophene rings is 2. The average molecular weight is 411 g/mol. The quantitative estimate of drug-likeness (QED) is 0.613. The van der Waals surface area contributed by atoms with Gasteiger partial charge in [-0.2, -0.15) is 11.3 Å². The zero-order valence-electron chi connectivity index (χ0n) is 13.5. The molecule has 3 aromatic heterocycles. The van der Waals surface area contributed by atoms with Crippen LogP contribution < -0.4 is 0 Å². The van der Waals surface area contributed by atoms with Crippen LogP contribution in [0.15, 0.2) is 39.7 Å². The minimum absolute atomic E-state index is 0.0818. The van der Waals surface area contributed by atoms with E-state index in [9.17, 15) is 8.42 Å². The van der Waals surface area contributed by atoms with Gasteiger partial charge in [0.05, 0.1) is 17.2 Å². The highest BCUT2D eigenvalue weighted by Gasteiger charge is 2.32. The molecule has 0 bridgehead atoms. The lowest BCUT2D eigenvalue weighted by Crippen LogP contribution is -2.35. The first-order chi connectivity index (χ1) is 12.1. The lowest BCUT2D eigenvalue weighted by Gasteiger charge is -2.26. The van der Waals surface area contributed by atoms with Crippen LogP contribution in [0, 0.1) is 0 Å². The summed E-state index contributed by atoms with van der Waals surface area (Å²) in [6.45, 7) is 1.47. The van der Waals surface area contributed by atoms with Crippen molar-refractivity contribution >= 4 is 43.8 Å². The van der Waals surface area contributed by atoms with Crippen molar-refractivity contribution in [3.05, 3.63) is 50.3 Å². The summed E-state index contributed by atoms with van der Waals surface area (Å²) < 4.78 is 23.8. The Hall–Kier alpha value is -1.06. The number of hydrogen-bond donors (Lipinski definition) is 0. The lowest BCUT2D eigenvalue weighted by molar-refractivity contribution is 0.194. The first kappa shape index (κ1) is 17.4. The third-order valence-electron chi connectivity index (χ3n) is 4.35. The van der Waals surface area contributed by atoms with E-state index in [4.69, 9.17) is 4.98 Å². The van der Waals surface area contributed by atoms with E-state index in [1.54, 1.807) is 34.0 Å². The van der Waals surface area contributed by atoms with E-state index in [1.807, 2.05) is 6.07 Å². The number of aromatic nitrogens is 1. The van der Waals surface area contributed by atoms with Crippen LogP contribution in [0.25, 0.3) is 10.6 Å². The van der Waals surface area contributed by atoms with Crippen LogP contribution in [0.1, 0.15) is 17.0 Å². The smallest absolute Gasteiger partial charge is 0.151 e. The standard InChI is InChI=1S/C17H18N2O2S4/c20-25(21)7-4-15(12-25)19(9-16-2-1-5-23-16)8-14-11-24-17(18-14)13-3-6-22-10-13/h1-3,5-6,10-11,15H,4,7-9,12H2. The summed E-state index contributed by atoms with van der Waals surface area (Å²) in [4.78, 5) is 8.31. The van der Waals surface area contributed by atoms with Crippen LogP contribution in [0.5, 0.6) is 0 Å². The van der Waals surface area contributed by atoms with Crippen LogP contribution in [-0.2, 0) is 22.9 Å². The second kappa shape index (κ2) is 7.28. The average Bonchev–Trinajstić information content (AvgIpc) is 3.34. The maximum atomic E-state index is 11.9. The van der Waals surface area contributed by atoms with Gasteiger partial charge in [0.25, 0.3) is 0 Å². The number of thiazole rings is 1. The third-order valence-corrected chi connectivity index (χ3v) is 8.58. The van der Waals surface area contributed by atoms with Crippen molar-refractivity contribution in [1.82, 2.24) is 9.88 Å². The topological polar surface area (TPSA) is 50.3 Å². The van der Waals surface area contributed by atoms with E-state index in [2.05, 4.69) is 38.6 Å². The molecule has 1 unspecified atom stereocenters. The molecule has 0 amide bonds. The highest BCUT2D eigenvalue weighted by Crippen LogP contribution is 2.28. The molecule has 0 aliphatic carbocycles. The molecule has 1 atom stereocenters. The summed E-state index contributed by atoms with van der Waals surface area (Å²) >= 11 is 5.04. The molecule has 132 valence electrons. The van der Waals surface area contributed by atoms with Crippen molar-refractivity contribution in [2.75, 3.05) is 11.5 Å². The molecule has 0 N–H and O–H groups in total. The lowest BCUT2D eigenvalue weighted by atomic mass is 10.2. The van der Waals surface area contributed by atoms with Gasteiger partial charge in [-0.15, -0.1) is 22.7 Å². The van der Waals surface area contributed by atoms with Gasteiger partial charge in [-0.1, -0.05) is 6.07 Å². The van der Waals surface area contributed by atoms with Gasteiger partial charge in [-0.3, -0.25) is 4.90 Å². The molecule has 0 spiro atoms. The van der Waals surface area contributed by atoms with E-state index in [1.165, 1.54) is 4.88 Å². The first-order valence-corrected chi connectivity index (χ1v) is 12.6. The van der Waals surface area contributed by atoms with Gasteiger partial charge >= 0.3 is 0 Å². The van der Waals surface area contributed by atoms with Crippen molar-refractivity contribution in [2.24, 2.45) is 0 Å². The largest absolute Gasteiger partial charge is 0.288 e. The zero-order valence-corrected chi connectivity index (χ0v) is 16.8. The van der Waals surface area contributed by atoms with E-state index in [0.29, 0.717) is 12.3 Å². The van der Waals surface area contributed by atoms with Gasteiger partial charge in [-0.05, 0) is 29.3 Å². The fraction of sp³-hybridized carbons (Fsp3) is 0.353. The van der Waals surface area contributed by atoms with Crippen molar-refractivity contribution in [3.8, 4) is 10.6 Å². The zero-order chi connectivity index (χ0) is 17.3. The minimum atomic E-state index is -2.90. The van der Waals surface area contributed by atoms with Crippen LogP contribution in [0.4, 0.5) is 0 Å². The molecular formula is C17H18N2O2S4. The van der Waals surface area contributed by atoms with Crippen molar-refractivity contribution < 1.29 is 8.42 Å². The summed E-state index contributed by atoms with van der Waals surface area (Å²) in [6.07, 6.45) is 0.717. The molecule has 4 rings (SSSR count). The Morgan fingerprint density at radius 2 is 2.08 bits per heavy atom. The normalized spacial score (nSPS) is 19.6. The van der Waals surface area contributed by atoms with Crippen molar-refractivity contribution in [1.29, 1.82) is 0 Å². The van der Waals surface area contributed by atoms with E-state index in [-0.39, 0.29) is 11.8 Å². The molecule has 3 aromatic rings. The minimum Gasteiger partial charge on any atom is -0.288 e. The van der Waals surface area contributed by atoms with Gasteiger partial charge in [0.15, 0.2) is 9.84 Å². The molecular weight excluding hydrogens is 392 g/mol. The third kappa shape index (κ3) is 4.20. The Balaban J connectivity index is 1.53. The number of nitrogens with zero attached hydrogens (tertiary/aromatic N) is 2. The van der Waals surface area contributed by atoms with Gasteiger partial charge in [-0.25, -0.2) is 13.4 Å². The monoisotopic (exact) mass is 410 g/mol. The molecule has 25 heavy (non-hydrogen) atoms. The second-order valence-corrected chi connectivity index (χ2v) is 11.1. The van der Waals surface area contributed by atoms with Gasteiger partial charge in [0.2, 0.25) is 0 Å². The Morgan fingerprint density at radius 1 is 1.16 bits per heavy atom. The highest BCUT2D eigenvalue weighted by atomic mass is 32.2. The molecule has 8 heteroatoms. The van der Waals surface area contributed by atoms with E-state index in [0.717, 1.165) is 29.2 Å².